The Morgan fingerprint density at radius 3 is 2.85 bits per heavy atom. The molecule has 4 nitrogen and oxygen atoms in total. The summed E-state index contributed by atoms with van der Waals surface area (Å²) in [6.07, 6.45) is 4.00. The van der Waals surface area contributed by atoms with Crippen LogP contribution in [0.1, 0.15) is 43.9 Å². The van der Waals surface area contributed by atoms with Gasteiger partial charge < -0.3 is 10.8 Å². The third-order valence-corrected chi connectivity index (χ3v) is 4.37. The van der Waals surface area contributed by atoms with Gasteiger partial charge in [0.15, 0.2) is 0 Å². The van der Waals surface area contributed by atoms with Crippen molar-refractivity contribution in [3.63, 3.8) is 0 Å². The van der Waals surface area contributed by atoms with E-state index in [0.29, 0.717) is 10.8 Å². The lowest BCUT2D eigenvalue weighted by molar-refractivity contribution is 0.258. The van der Waals surface area contributed by atoms with E-state index in [4.69, 9.17) is 16.1 Å². The van der Waals surface area contributed by atoms with Gasteiger partial charge in [0.05, 0.1) is 12.2 Å². The van der Waals surface area contributed by atoms with Crippen molar-refractivity contribution in [3.05, 3.63) is 23.4 Å². The number of aryl methyl sites for hydroxylation is 1. The standard InChI is InChI=1S/C15H23N3OS/c1-3-4-5-14(8-13(17)10-19)20-15-12(9-16)7-6-11(2)18-15/h6-7,13-14,19H,3-5,8,10,17H2,1-2H3/t13-,14-/m0/s1. The molecule has 3 N–H and O–H groups in total. The number of pyridine rings is 1. The fourth-order valence-corrected chi connectivity index (χ4v) is 3.32. The van der Waals surface area contributed by atoms with Crippen molar-refractivity contribution in [1.82, 2.24) is 4.98 Å². The third-order valence-electron chi connectivity index (χ3n) is 3.08. The molecule has 0 aliphatic rings. The molecule has 0 saturated carbocycles. The van der Waals surface area contributed by atoms with Gasteiger partial charge in [0.1, 0.15) is 11.1 Å². The molecule has 1 heterocycles. The summed E-state index contributed by atoms with van der Waals surface area (Å²) in [6.45, 7) is 4.07. The molecular formula is C15H23N3OS. The lowest BCUT2D eigenvalue weighted by Gasteiger charge is -2.19. The zero-order valence-electron chi connectivity index (χ0n) is 12.2. The Morgan fingerprint density at radius 2 is 2.25 bits per heavy atom. The molecule has 1 aromatic heterocycles. The van der Waals surface area contributed by atoms with Gasteiger partial charge in [-0.15, -0.1) is 11.8 Å². The minimum absolute atomic E-state index is 0.00443. The van der Waals surface area contributed by atoms with Gasteiger partial charge in [0, 0.05) is 17.0 Å². The average molecular weight is 293 g/mol. The van der Waals surface area contributed by atoms with Crippen LogP contribution in [-0.4, -0.2) is 28.0 Å². The molecule has 0 radical (unpaired) electrons. The molecule has 0 unspecified atom stereocenters. The summed E-state index contributed by atoms with van der Waals surface area (Å²) in [5.74, 6) is 0. The summed E-state index contributed by atoms with van der Waals surface area (Å²) >= 11 is 1.61. The summed E-state index contributed by atoms with van der Waals surface area (Å²) in [6, 6.07) is 5.64. The van der Waals surface area contributed by atoms with Crippen LogP contribution in [0.4, 0.5) is 0 Å². The van der Waals surface area contributed by atoms with Crippen LogP contribution in [0.5, 0.6) is 0 Å². The molecule has 0 spiro atoms. The van der Waals surface area contributed by atoms with Gasteiger partial charge in [-0.2, -0.15) is 5.26 Å². The Balaban J connectivity index is 2.82. The quantitative estimate of drug-likeness (QED) is 0.720. The highest BCUT2D eigenvalue weighted by atomic mass is 32.2. The second-order valence-electron chi connectivity index (χ2n) is 4.98. The van der Waals surface area contributed by atoms with Crippen LogP contribution in [0, 0.1) is 18.3 Å². The van der Waals surface area contributed by atoms with E-state index in [2.05, 4.69) is 18.0 Å². The fraction of sp³-hybridized carbons (Fsp3) is 0.600. The second kappa shape index (κ2) is 8.96. The molecule has 0 fully saturated rings. The largest absolute Gasteiger partial charge is 0.395 e. The first kappa shape index (κ1) is 17.0. The molecule has 0 bridgehead atoms. The second-order valence-corrected chi connectivity index (χ2v) is 6.27. The molecule has 1 rings (SSSR count). The maximum absolute atomic E-state index is 9.16. The van der Waals surface area contributed by atoms with Gasteiger partial charge in [-0.05, 0) is 31.9 Å². The summed E-state index contributed by atoms with van der Waals surface area (Å²) < 4.78 is 0. The minimum atomic E-state index is -0.209. The summed E-state index contributed by atoms with van der Waals surface area (Å²) in [7, 11) is 0. The van der Waals surface area contributed by atoms with Crippen LogP contribution in [0.3, 0.4) is 0 Å². The molecule has 110 valence electrons. The normalized spacial score (nSPS) is 13.8. The Morgan fingerprint density at radius 1 is 1.50 bits per heavy atom. The summed E-state index contributed by atoms with van der Waals surface area (Å²) in [4.78, 5) is 4.46. The zero-order valence-corrected chi connectivity index (χ0v) is 13.0. The number of rotatable bonds is 8. The van der Waals surface area contributed by atoms with E-state index < -0.39 is 0 Å². The van der Waals surface area contributed by atoms with E-state index in [0.717, 1.165) is 36.4 Å². The Bertz CT molecular complexity index is 459. The Kier molecular flexibility index (Phi) is 7.60. The van der Waals surface area contributed by atoms with E-state index in [1.165, 1.54) is 0 Å². The average Bonchev–Trinajstić information content (AvgIpc) is 2.44. The van der Waals surface area contributed by atoms with Gasteiger partial charge in [0.25, 0.3) is 0 Å². The number of hydrogen-bond acceptors (Lipinski definition) is 5. The number of aromatic nitrogens is 1. The van der Waals surface area contributed by atoms with Crippen molar-refractivity contribution in [2.75, 3.05) is 6.61 Å². The summed E-state index contributed by atoms with van der Waals surface area (Å²) in [5.41, 5.74) is 7.37. The van der Waals surface area contributed by atoms with Gasteiger partial charge >= 0.3 is 0 Å². The number of aliphatic hydroxyl groups excluding tert-OH is 1. The van der Waals surface area contributed by atoms with Crippen molar-refractivity contribution in [1.29, 1.82) is 5.26 Å². The Labute approximate surface area is 125 Å². The van der Waals surface area contributed by atoms with Gasteiger partial charge in [-0.3, -0.25) is 0 Å². The first-order valence-corrected chi connectivity index (χ1v) is 7.89. The molecule has 0 amide bonds. The van der Waals surface area contributed by atoms with Gasteiger partial charge in [0.2, 0.25) is 0 Å². The predicted molar refractivity (Wildman–Crippen MR) is 82.5 cm³/mol. The molecular weight excluding hydrogens is 270 g/mol. The first-order chi connectivity index (χ1) is 9.60. The maximum atomic E-state index is 9.16. The highest BCUT2D eigenvalue weighted by Gasteiger charge is 2.17. The summed E-state index contributed by atoms with van der Waals surface area (Å²) in [5, 5.41) is 19.3. The van der Waals surface area contributed by atoms with Crippen molar-refractivity contribution in [2.45, 2.75) is 55.8 Å². The highest BCUT2D eigenvalue weighted by molar-refractivity contribution is 7.99. The van der Waals surface area contributed by atoms with Crippen molar-refractivity contribution in [2.24, 2.45) is 5.73 Å². The van der Waals surface area contributed by atoms with Crippen molar-refractivity contribution in [3.8, 4) is 6.07 Å². The highest BCUT2D eigenvalue weighted by Crippen LogP contribution is 2.30. The monoisotopic (exact) mass is 293 g/mol. The van der Waals surface area contributed by atoms with Crippen LogP contribution in [0.2, 0.25) is 0 Å². The lowest BCUT2D eigenvalue weighted by atomic mass is 10.1. The number of nitrogens with zero attached hydrogens (tertiary/aromatic N) is 2. The van der Waals surface area contributed by atoms with Crippen molar-refractivity contribution < 1.29 is 5.11 Å². The van der Waals surface area contributed by atoms with E-state index in [-0.39, 0.29) is 12.6 Å². The molecule has 0 saturated heterocycles. The topological polar surface area (TPSA) is 82.9 Å². The van der Waals surface area contributed by atoms with E-state index in [1.807, 2.05) is 19.1 Å². The predicted octanol–water partition coefficient (Wildman–Crippen LogP) is 2.62. The molecule has 20 heavy (non-hydrogen) atoms. The van der Waals surface area contributed by atoms with Crippen LogP contribution < -0.4 is 5.73 Å². The number of hydrogen-bond donors (Lipinski definition) is 2. The van der Waals surface area contributed by atoms with E-state index >= 15 is 0 Å². The number of unbranched alkanes of at least 4 members (excludes halogenated alkanes) is 1. The number of thioether (sulfide) groups is 1. The van der Waals surface area contributed by atoms with Gasteiger partial charge in [-0.25, -0.2) is 4.98 Å². The van der Waals surface area contributed by atoms with Crippen LogP contribution >= 0.6 is 11.8 Å². The molecule has 5 heteroatoms. The van der Waals surface area contributed by atoms with Crippen LogP contribution in [-0.2, 0) is 0 Å². The SMILES string of the molecule is CCCC[C@@H](C[C@H](N)CO)Sc1nc(C)ccc1C#N. The van der Waals surface area contributed by atoms with Crippen LogP contribution in [0.25, 0.3) is 0 Å². The third kappa shape index (κ3) is 5.49. The van der Waals surface area contributed by atoms with E-state index in [1.54, 1.807) is 11.8 Å². The molecule has 0 aromatic carbocycles. The minimum Gasteiger partial charge on any atom is -0.395 e. The van der Waals surface area contributed by atoms with E-state index in [9.17, 15) is 0 Å². The molecule has 0 aliphatic carbocycles. The zero-order chi connectivity index (χ0) is 15.0. The lowest BCUT2D eigenvalue weighted by Crippen LogP contribution is -2.28. The first-order valence-electron chi connectivity index (χ1n) is 7.01. The molecule has 1 aromatic rings. The Hall–Kier alpha value is -1.09. The number of aliphatic hydroxyl groups is 1. The van der Waals surface area contributed by atoms with Gasteiger partial charge in [-0.1, -0.05) is 19.8 Å². The van der Waals surface area contributed by atoms with Crippen LogP contribution in [0.15, 0.2) is 17.2 Å². The molecule has 2 atom stereocenters. The van der Waals surface area contributed by atoms with Crippen molar-refractivity contribution >= 4 is 11.8 Å². The molecule has 0 aliphatic heterocycles. The fourth-order valence-electron chi connectivity index (χ4n) is 1.93. The smallest absolute Gasteiger partial charge is 0.114 e. The maximum Gasteiger partial charge on any atom is 0.114 e. The number of nitrogens with two attached hydrogens (primary N) is 1. The number of nitriles is 1.